The van der Waals surface area contributed by atoms with E-state index in [4.69, 9.17) is 4.74 Å². The second-order valence-corrected chi connectivity index (χ2v) is 4.13. The third-order valence-electron chi connectivity index (χ3n) is 2.58. The first kappa shape index (κ1) is 17.4. The second kappa shape index (κ2) is 10.4. The van der Waals surface area contributed by atoms with Crippen LogP contribution in [0.25, 0.3) is 0 Å². The van der Waals surface area contributed by atoms with Gasteiger partial charge in [-0.3, -0.25) is 0 Å². The van der Waals surface area contributed by atoms with E-state index in [1.807, 2.05) is 0 Å². The van der Waals surface area contributed by atoms with Crippen LogP contribution in [0.4, 0.5) is 4.79 Å². The van der Waals surface area contributed by atoms with E-state index in [0.29, 0.717) is 12.1 Å². The normalized spacial score (nSPS) is 10.1. The summed E-state index contributed by atoms with van der Waals surface area (Å²) < 4.78 is 4.84. The van der Waals surface area contributed by atoms with Gasteiger partial charge in [0.15, 0.2) is 0 Å². The molecule has 0 unspecified atom stereocenters. The highest BCUT2D eigenvalue weighted by Crippen LogP contribution is 1.90. The minimum absolute atomic E-state index is 0.148. The molecule has 0 aliphatic carbocycles. The first-order valence-corrected chi connectivity index (χ1v) is 6.57. The van der Waals surface area contributed by atoms with Crippen LogP contribution in [0.1, 0.15) is 20.8 Å². The molecule has 0 aliphatic rings. The molecule has 0 atom stereocenters. The van der Waals surface area contributed by atoms with Crippen LogP contribution in [-0.2, 0) is 9.53 Å². The van der Waals surface area contributed by atoms with E-state index >= 15 is 0 Å². The molecular formula is C13H25N3O3. The van der Waals surface area contributed by atoms with E-state index in [-0.39, 0.29) is 19.2 Å². The predicted octanol–water partition coefficient (Wildman–Crippen LogP) is 0.747. The first-order chi connectivity index (χ1) is 9.01. The smallest absolute Gasteiger partial charge is 0.333 e. The first-order valence-electron chi connectivity index (χ1n) is 6.57. The van der Waals surface area contributed by atoms with E-state index in [0.717, 1.165) is 19.6 Å². The molecule has 0 saturated carbocycles. The van der Waals surface area contributed by atoms with Crippen LogP contribution >= 0.6 is 0 Å². The molecule has 110 valence electrons. The highest BCUT2D eigenvalue weighted by Gasteiger charge is 2.04. The number of likely N-dealkylation sites (N-methyl/N-ethyl adjacent to an activating group) is 1. The molecule has 2 amide bonds. The van der Waals surface area contributed by atoms with Crippen molar-refractivity contribution < 1.29 is 14.3 Å². The minimum atomic E-state index is -0.441. The summed E-state index contributed by atoms with van der Waals surface area (Å²) in [6, 6.07) is -0.251. The Bertz CT molecular complexity index is 302. The third kappa shape index (κ3) is 9.07. The Balaban J connectivity index is 3.55. The number of nitrogens with one attached hydrogen (secondary N) is 2. The van der Waals surface area contributed by atoms with Crippen molar-refractivity contribution in [2.24, 2.45) is 0 Å². The van der Waals surface area contributed by atoms with Gasteiger partial charge < -0.3 is 20.3 Å². The van der Waals surface area contributed by atoms with Crippen molar-refractivity contribution in [1.29, 1.82) is 0 Å². The lowest BCUT2D eigenvalue weighted by Gasteiger charge is -2.18. The molecule has 0 radical (unpaired) electrons. The Morgan fingerprint density at radius 3 is 2.26 bits per heavy atom. The maximum absolute atomic E-state index is 11.4. The number of carbonyl (C=O) groups excluding carboxylic acids is 2. The van der Waals surface area contributed by atoms with Crippen molar-refractivity contribution in [1.82, 2.24) is 15.5 Å². The molecule has 0 spiro atoms. The Kier molecular flexibility index (Phi) is 9.52. The Labute approximate surface area is 115 Å². The molecule has 6 heteroatoms. The van der Waals surface area contributed by atoms with Crippen molar-refractivity contribution in [3.63, 3.8) is 0 Å². The van der Waals surface area contributed by atoms with Crippen LogP contribution in [0, 0.1) is 0 Å². The molecular weight excluding hydrogens is 246 g/mol. The van der Waals surface area contributed by atoms with E-state index in [9.17, 15) is 9.59 Å². The molecule has 2 N–H and O–H groups in total. The molecule has 0 aromatic carbocycles. The molecule has 19 heavy (non-hydrogen) atoms. The molecule has 6 nitrogen and oxygen atoms in total. The van der Waals surface area contributed by atoms with Gasteiger partial charge in [-0.2, -0.15) is 0 Å². The predicted molar refractivity (Wildman–Crippen MR) is 75.0 cm³/mol. The van der Waals surface area contributed by atoms with Gasteiger partial charge in [-0.15, -0.1) is 0 Å². The fraction of sp³-hybridized carbons (Fsp3) is 0.692. The van der Waals surface area contributed by atoms with Crippen LogP contribution in [0.5, 0.6) is 0 Å². The lowest BCUT2D eigenvalue weighted by atomic mass is 10.4. The summed E-state index contributed by atoms with van der Waals surface area (Å²) in [6.07, 6.45) is 0. The van der Waals surface area contributed by atoms with Gasteiger partial charge >= 0.3 is 12.0 Å². The van der Waals surface area contributed by atoms with Gasteiger partial charge in [0.2, 0.25) is 0 Å². The van der Waals surface area contributed by atoms with Gasteiger partial charge in [-0.05, 0) is 20.0 Å². The maximum Gasteiger partial charge on any atom is 0.333 e. The Hall–Kier alpha value is -1.56. The molecule has 0 aromatic heterocycles. The highest BCUT2D eigenvalue weighted by atomic mass is 16.5. The van der Waals surface area contributed by atoms with Gasteiger partial charge in [-0.25, -0.2) is 9.59 Å². The fourth-order valence-electron chi connectivity index (χ4n) is 1.36. The lowest BCUT2D eigenvalue weighted by Crippen LogP contribution is -2.41. The van der Waals surface area contributed by atoms with Crippen LogP contribution in [-0.4, -0.2) is 56.2 Å². The standard InChI is InChI=1S/C13H25N3O3/c1-5-16(6-2)9-7-14-13(18)15-8-10-19-12(17)11(3)4/h3,5-10H2,1-2,4H3,(H2,14,15,18). The van der Waals surface area contributed by atoms with Crippen LogP contribution in [0.2, 0.25) is 0 Å². The molecule has 0 heterocycles. The highest BCUT2D eigenvalue weighted by molar-refractivity contribution is 5.86. The van der Waals surface area contributed by atoms with Crippen molar-refractivity contribution in [3.8, 4) is 0 Å². The number of carbonyl (C=O) groups is 2. The SMILES string of the molecule is C=C(C)C(=O)OCCNC(=O)NCCN(CC)CC. The monoisotopic (exact) mass is 271 g/mol. The zero-order chi connectivity index (χ0) is 14.7. The van der Waals surface area contributed by atoms with E-state index in [1.165, 1.54) is 0 Å². The molecule has 0 fully saturated rings. The maximum atomic E-state index is 11.4. The zero-order valence-electron chi connectivity index (χ0n) is 12.1. The quantitative estimate of drug-likeness (QED) is 0.369. The van der Waals surface area contributed by atoms with E-state index in [1.54, 1.807) is 6.92 Å². The summed E-state index contributed by atoms with van der Waals surface area (Å²) in [5.74, 6) is -0.441. The average Bonchev–Trinajstić information content (AvgIpc) is 2.39. The number of hydrogen-bond acceptors (Lipinski definition) is 4. The van der Waals surface area contributed by atoms with Crippen molar-refractivity contribution in [2.45, 2.75) is 20.8 Å². The summed E-state index contributed by atoms with van der Waals surface area (Å²) >= 11 is 0. The van der Waals surface area contributed by atoms with Crippen LogP contribution in [0.3, 0.4) is 0 Å². The topological polar surface area (TPSA) is 70.7 Å². The Morgan fingerprint density at radius 1 is 1.16 bits per heavy atom. The number of nitrogens with zero attached hydrogens (tertiary/aromatic N) is 1. The van der Waals surface area contributed by atoms with Crippen molar-refractivity contribution in [3.05, 3.63) is 12.2 Å². The summed E-state index contributed by atoms with van der Waals surface area (Å²) in [5.41, 5.74) is 0.351. The van der Waals surface area contributed by atoms with Gasteiger partial charge in [0.1, 0.15) is 6.61 Å². The fourth-order valence-corrected chi connectivity index (χ4v) is 1.36. The number of esters is 1. The molecule has 0 bridgehead atoms. The van der Waals surface area contributed by atoms with E-state index in [2.05, 4.69) is 36.0 Å². The Morgan fingerprint density at radius 2 is 1.74 bits per heavy atom. The minimum Gasteiger partial charge on any atom is -0.460 e. The summed E-state index contributed by atoms with van der Waals surface area (Å²) in [7, 11) is 0. The summed E-state index contributed by atoms with van der Waals surface area (Å²) in [6.45, 7) is 13.0. The van der Waals surface area contributed by atoms with Gasteiger partial charge in [0.05, 0.1) is 6.54 Å². The number of rotatable bonds is 9. The van der Waals surface area contributed by atoms with Gasteiger partial charge in [0, 0.05) is 18.7 Å². The van der Waals surface area contributed by atoms with Gasteiger partial charge in [0.25, 0.3) is 0 Å². The molecule has 0 aliphatic heterocycles. The number of urea groups is 1. The largest absolute Gasteiger partial charge is 0.460 e. The average molecular weight is 271 g/mol. The van der Waals surface area contributed by atoms with E-state index < -0.39 is 5.97 Å². The zero-order valence-corrected chi connectivity index (χ0v) is 12.1. The number of ether oxygens (including phenoxy) is 1. The van der Waals surface area contributed by atoms with Crippen LogP contribution in [0.15, 0.2) is 12.2 Å². The number of hydrogen-bond donors (Lipinski definition) is 2. The van der Waals surface area contributed by atoms with Gasteiger partial charge in [-0.1, -0.05) is 20.4 Å². The molecule has 0 saturated heterocycles. The third-order valence-corrected chi connectivity index (χ3v) is 2.58. The second-order valence-electron chi connectivity index (χ2n) is 4.13. The summed E-state index contributed by atoms with van der Waals surface area (Å²) in [5, 5.41) is 5.35. The van der Waals surface area contributed by atoms with Crippen LogP contribution < -0.4 is 10.6 Å². The lowest BCUT2D eigenvalue weighted by molar-refractivity contribution is -0.138. The molecule has 0 aromatic rings. The molecule has 0 rings (SSSR count). The van der Waals surface area contributed by atoms with Crippen molar-refractivity contribution in [2.75, 3.05) is 39.3 Å². The number of amides is 2. The van der Waals surface area contributed by atoms with Crippen molar-refractivity contribution >= 4 is 12.0 Å². The summed E-state index contributed by atoms with van der Waals surface area (Å²) in [4.78, 5) is 24.6.